The van der Waals surface area contributed by atoms with Gasteiger partial charge in [-0.25, -0.2) is 0 Å². The van der Waals surface area contributed by atoms with E-state index in [0.29, 0.717) is 23.1 Å². The Morgan fingerprint density at radius 3 is 2.42 bits per heavy atom. The molecule has 0 bridgehead atoms. The second kappa shape index (κ2) is 11.0. The van der Waals surface area contributed by atoms with Gasteiger partial charge in [-0.1, -0.05) is 53.7 Å². The summed E-state index contributed by atoms with van der Waals surface area (Å²) in [6.45, 7) is 12.1. The number of carbonyl (C=O) groups is 2. The van der Waals surface area contributed by atoms with Crippen LogP contribution < -0.4 is 10.6 Å². The molecule has 7 nitrogen and oxygen atoms in total. The van der Waals surface area contributed by atoms with E-state index in [1.807, 2.05) is 62.6 Å². The third-order valence-electron chi connectivity index (χ3n) is 5.10. The summed E-state index contributed by atoms with van der Waals surface area (Å²) < 4.78 is 1.86. The molecule has 0 saturated heterocycles. The van der Waals surface area contributed by atoms with Gasteiger partial charge in [0.05, 0.1) is 11.8 Å². The van der Waals surface area contributed by atoms with Gasteiger partial charge in [-0.15, -0.1) is 16.8 Å². The summed E-state index contributed by atoms with van der Waals surface area (Å²) in [4.78, 5) is 25.1. The molecule has 0 spiro atoms. The second-order valence-electron chi connectivity index (χ2n) is 7.91. The average molecular weight is 464 g/mol. The molecule has 0 aliphatic heterocycles. The summed E-state index contributed by atoms with van der Waals surface area (Å²) in [5.41, 5.74) is 4.65. The number of benzene rings is 2. The Kier molecular flexibility index (Phi) is 8.06. The minimum atomic E-state index is -0.369. The molecule has 2 amide bonds. The lowest BCUT2D eigenvalue weighted by Gasteiger charge is -2.15. The normalized spacial score (nSPS) is 11.6. The SMILES string of the molecule is C=CCn1c(SCC(=O)Nc2c(C)cc(C)cc2C)nnc1C(C)NC(=O)c1ccccc1. The molecule has 0 saturated carbocycles. The highest BCUT2D eigenvalue weighted by Gasteiger charge is 2.20. The van der Waals surface area contributed by atoms with E-state index in [-0.39, 0.29) is 23.6 Å². The largest absolute Gasteiger partial charge is 0.342 e. The number of aryl methyl sites for hydroxylation is 3. The van der Waals surface area contributed by atoms with E-state index in [4.69, 9.17) is 0 Å². The van der Waals surface area contributed by atoms with E-state index in [2.05, 4.69) is 27.4 Å². The summed E-state index contributed by atoms with van der Waals surface area (Å²) in [5, 5.41) is 15.1. The number of nitrogens with zero attached hydrogens (tertiary/aromatic N) is 3. The van der Waals surface area contributed by atoms with Crippen LogP contribution in [-0.2, 0) is 11.3 Å². The van der Waals surface area contributed by atoms with Gasteiger partial charge in [0.1, 0.15) is 0 Å². The van der Waals surface area contributed by atoms with Crippen LogP contribution >= 0.6 is 11.8 Å². The number of rotatable bonds is 9. The number of hydrogen-bond donors (Lipinski definition) is 2. The monoisotopic (exact) mass is 463 g/mol. The molecule has 2 N–H and O–H groups in total. The number of allylic oxidation sites excluding steroid dienone is 1. The van der Waals surface area contributed by atoms with Gasteiger partial charge in [0.2, 0.25) is 5.91 Å². The first-order valence-electron chi connectivity index (χ1n) is 10.7. The van der Waals surface area contributed by atoms with Gasteiger partial charge in [-0.2, -0.15) is 0 Å². The van der Waals surface area contributed by atoms with Crippen LogP contribution in [0.5, 0.6) is 0 Å². The number of hydrogen-bond acceptors (Lipinski definition) is 5. The predicted molar refractivity (Wildman–Crippen MR) is 133 cm³/mol. The van der Waals surface area contributed by atoms with E-state index in [0.717, 1.165) is 22.4 Å². The Bertz CT molecular complexity index is 1130. The van der Waals surface area contributed by atoms with Crippen molar-refractivity contribution in [1.82, 2.24) is 20.1 Å². The van der Waals surface area contributed by atoms with Crippen molar-refractivity contribution in [3.8, 4) is 0 Å². The summed E-state index contributed by atoms with van der Waals surface area (Å²) in [7, 11) is 0. The van der Waals surface area contributed by atoms with Gasteiger partial charge in [0.25, 0.3) is 5.91 Å². The van der Waals surface area contributed by atoms with Crippen LogP contribution in [0.15, 0.2) is 60.3 Å². The Labute approximate surface area is 198 Å². The number of anilines is 1. The molecule has 0 aliphatic carbocycles. The Balaban J connectivity index is 1.68. The minimum Gasteiger partial charge on any atom is -0.342 e. The molecular weight excluding hydrogens is 434 g/mol. The molecule has 3 rings (SSSR count). The van der Waals surface area contributed by atoms with Gasteiger partial charge < -0.3 is 15.2 Å². The van der Waals surface area contributed by atoms with E-state index in [1.54, 1.807) is 18.2 Å². The summed E-state index contributed by atoms with van der Waals surface area (Å²) >= 11 is 1.30. The Morgan fingerprint density at radius 1 is 1.12 bits per heavy atom. The van der Waals surface area contributed by atoms with Crippen LogP contribution in [0, 0.1) is 20.8 Å². The van der Waals surface area contributed by atoms with Crippen LogP contribution in [-0.4, -0.2) is 32.3 Å². The van der Waals surface area contributed by atoms with Crippen LogP contribution in [0.3, 0.4) is 0 Å². The molecule has 172 valence electrons. The zero-order valence-electron chi connectivity index (χ0n) is 19.4. The molecule has 33 heavy (non-hydrogen) atoms. The van der Waals surface area contributed by atoms with Gasteiger partial charge in [0, 0.05) is 17.8 Å². The van der Waals surface area contributed by atoms with Crippen molar-refractivity contribution in [2.45, 2.75) is 45.4 Å². The maximum atomic E-state index is 12.6. The van der Waals surface area contributed by atoms with Crippen molar-refractivity contribution in [3.63, 3.8) is 0 Å². The van der Waals surface area contributed by atoms with Crippen molar-refractivity contribution in [2.75, 3.05) is 11.1 Å². The highest BCUT2D eigenvalue weighted by Crippen LogP contribution is 2.24. The number of nitrogens with one attached hydrogen (secondary N) is 2. The maximum absolute atomic E-state index is 12.6. The van der Waals surface area contributed by atoms with Gasteiger partial charge in [-0.3, -0.25) is 9.59 Å². The first-order chi connectivity index (χ1) is 15.8. The van der Waals surface area contributed by atoms with Crippen LogP contribution in [0.1, 0.15) is 45.8 Å². The molecule has 1 aromatic heterocycles. The summed E-state index contributed by atoms with van der Waals surface area (Å²) in [6.07, 6.45) is 1.74. The predicted octanol–water partition coefficient (Wildman–Crippen LogP) is 4.61. The first kappa shape index (κ1) is 24.3. The quantitative estimate of drug-likeness (QED) is 0.357. The second-order valence-corrected chi connectivity index (χ2v) is 8.85. The zero-order valence-corrected chi connectivity index (χ0v) is 20.2. The molecule has 0 fully saturated rings. The van der Waals surface area contributed by atoms with E-state index in [1.165, 1.54) is 11.8 Å². The smallest absolute Gasteiger partial charge is 0.251 e. The highest BCUT2D eigenvalue weighted by molar-refractivity contribution is 7.99. The van der Waals surface area contributed by atoms with Crippen molar-refractivity contribution in [1.29, 1.82) is 0 Å². The fourth-order valence-electron chi connectivity index (χ4n) is 3.64. The third-order valence-corrected chi connectivity index (χ3v) is 6.07. The lowest BCUT2D eigenvalue weighted by Crippen LogP contribution is -2.28. The molecule has 1 atom stereocenters. The molecule has 1 unspecified atom stereocenters. The van der Waals surface area contributed by atoms with Crippen molar-refractivity contribution < 1.29 is 9.59 Å². The maximum Gasteiger partial charge on any atom is 0.251 e. The molecular formula is C25H29N5O2S. The fourth-order valence-corrected chi connectivity index (χ4v) is 4.40. The highest BCUT2D eigenvalue weighted by atomic mass is 32.2. The van der Waals surface area contributed by atoms with Gasteiger partial charge in [-0.05, 0) is 51.0 Å². The lowest BCUT2D eigenvalue weighted by atomic mass is 10.1. The molecule has 0 radical (unpaired) electrons. The van der Waals surface area contributed by atoms with Crippen molar-refractivity contribution in [3.05, 3.63) is 83.2 Å². The summed E-state index contributed by atoms with van der Waals surface area (Å²) in [5.74, 6) is 0.489. The Hall–Kier alpha value is -3.39. The number of amides is 2. The van der Waals surface area contributed by atoms with E-state index >= 15 is 0 Å². The van der Waals surface area contributed by atoms with E-state index in [9.17, 15) is 9.59 Å². The number of aromatic nitrogens is 3. The van der Waals surface area contributed by atoms with Crippen molar-refractivity contribution in [2.24, 2.45) is 0 Å². The lowest BCUT2D eigenvalue weighted by molar-refractivity contribution is -0.113. The molecule has 8 heteroatoms. The number of thioether (sulfide) groups is 1. The molecule has 3 aromatic rings. The molecule has 1 heterocycles. The zero-order chi connectivity index (χ0) is 24.0. The Morgan fingerprint density at radius 2 is 1.79 bits per heavy atom. The minimum absolute atomic E-state index is 0.116. The van der Waals surface area contributed by atoms with Crippen molar-refractivity contribution >= 4 is 29.3 Å². The molecule has 0 aliphatic rings. The topological polar surface area (TPSA) is 88.9 Å². The standard InChI is InChI=1S/C25H29N5O2S/c1-6-12-30-23(19(5)26-24(32)20-10-8-7-9-11-20)28-29-25(30)33-15-21(31)27-22-17(3)13-16(2)14-18(22)4/h6-11,13-14,19H,1,12,15H2,2-5H3,(H,26,32)(H,27,31). The average Bonchev–Trinajstić information content (AvgIpc) is 3.18. The number of carbonyl (C=O) groups excluding carboxylic acids is 2. The van der Waals surface area contributed by atoms with Crippen LogP contribution in [0.2, 0.25) is 0 Å². The van der Waals surface area contributed by atoms with Gasteiger partial charge in [0.15, 0.2) is 11.0 Å². The first-order valence-corrected chi connectivity index (χ1v) is 11.7. The third kappa shape index (κ3) is 6.10. The van der Waals surface area contributed by atoms with Crippen LogP contribution in [0.4, 0.5) is 5.69 Å². The van der Waals surface area contributed by atoms with Gasteiger partial charge >= 0.3 is 0 Å². The van der Waals surface area contributed by atoms with E-state index < -0.39 is 0 Å². The van der Waals surface area contributed by atoms with Crippen LogP contribution in [0.25, 0.3) is 0 Å². The fraction of sp³-hybridized carbons (Fsp3) is 0.280. The molecule has 2 aromatic carbocycles. The summed E-state index contributed by atoms with van der Waals surface area (Å²) in [6, 6.07) is 12.7.